The van der Waals surface area contributed by atoms with E-state index in [1.54, 1.807) is 0 Å². The van der Waals surface area contributed by atoms with E-state index in [0.717, 1.165) is 5.56 Å². The SMILES string of the molecule is COC(=O)NNC(=S)Cc1ccc(C(C)(C)C)cc1. The molecular weight excluding hydrogens is 260 g/mol. The van der Waals surface area contributed by atoms with Gasteiger partial charge in [0.25, 0.3) is 0 Å². The maximum atomic E-state index is 10.9. The maximum absolute atomic E-state index is 10.9. The molecule has 1 aromatic carbocycles. The van der Waals surface area contributed by atoms with Crippen LogP contribution in [0.5, 0.6) is 0 Å². The number of hydrogen-bond donors (Lipinski definition) is 2. The number of hydrazine groups is 1. The summed E-state index contributed by atoms with van der Waals surface area (Å²) < 4.78 is 4.43. The van der Waals surface area contributed by atoms with Crippen molar-refractivity contribution in [1.82, 2.24) is 10.9 Å². The normalized spacial score (nSPS) is 10.7. The van der Waals surface area contributed by atoms with E-state index in [9.17, 15) is 4.79 Å². The Balaban J connectivity index is 2.54. The Labute approximate surface area is 119 Å². The molecule has 0 fully saturated rings. The lowest BCUT2D eigenvalue weighted by atomic mass is 9.86. The van der Waals surface area contributed by atoms with E-state index >= 15 is 0 Å². The molecule has 0 atom stereocenters. The van der Waals surface area contributed by atoms with Crippen LogP contribution in [0.25, 0.3) is 0 Å². The Kier molecular flexibility index (Phi) is 5.30. The van der Waals surface area contributed by atoms with Gasteiger partial charge in [0.05, 0.1) is 12.1 Å². The summed E-state index contributed by atoms with van der Waals surface area (Å²) in [6, 6.07) is 8.30. The maximum Gasteiger partial charge on any atom is 0.425 e. The average molecular weight is 280 g/mol. The van der Waals surface area contributed by atoms with E-state index in [1.165, 1.54) is 12.7 Å². The van der Waals surface area contributed by atoms with Crippen molar-refractivity contribution in [2.24, 2.45) is 0 Å². The first kappa shape index (κ1) is 15.4. The standard InChI is InChI=1S/C14H20N2O2S/c1-14(2,3)11-7-5-10(6-8-11)9-12(19)15-16-13(17)18-4/h5-8H,9H2,1-4H3,(H,15,19)(H,16,17). The van der Waals surface area contributed by atoms with E-state index in [1.807, 2.05) is 12.1 Å². The molecule has 1 aromatic rings. The molecule has 104 valence electrons. The van der Waals surface area contributed by atoms with Gasteiger partial charge in [-0.25, -0.2) is 10.2 Å². The third kappa shape index (κ3) is 5.26. The summed E-state index contributed by atoms with van der Waals surface area (Å²) in [6.07, 6.45) is 0.00875. The molecule has 0 heterocycles. The fourth-order valence-electron chi connectivity index (χ4n) is 1.52. The molecule has 0 saturated carbocycles. The summed E-state index contributed by atoms with van der Waals surface area (Å²) in [5, 5.41) is 0. The fraction of sp³-hybridized carbons (Fsp3) is 0.429. The summed E-state index contributed by atoms with van der Waals surface area (Å²) in [7, 11) is 1.30. The zero-order valence-corrected chi connectivity index (χ0v) is 12.6. The smallest absolute Gasteiger partial charge is 0.425 e. The lowest BCUT2D eigenvalue weighted by Gasteiger charge is -2.19. The van der Waals surface area contributed by atoms with Crippen LogP contribution in [0.3, 0.4) is 0 Å². The van der Waals surface area contributed by atoms with Crippen LogP contribution in [0.1, 0.15) is 31.9 Å². The summed E-state index contributed by atoms with van der Waals surface area (Å²) in [5.74, 6) is 0. The molecule has 0 aromatic heterocycles. The van der Waals surface area contributed by atoms with Crippen LogP contribution in [0.2, 0.25) is 0 Å². The molecule has 0 aliphatic rings. The molecule has 0 spiro atoms. The molecule has 0 unspecified atom stereocenters. The van der Waals surface area contributed by atoms with Crippen LogP contribution in [0.15, 0.2) is 24.3 Å². The molecular formula is C14H20N2O2S. The van der Waals surface area contributed by atoms with Crippen LogP contribution >= 0.6 is 12.2 Å². The largest absolute Gasteiger partial charge is 0.452 e. The van der Waals surface area contributed by atoms with Crippen molar-refractivity contribution in [2.45, 2.75) is 32.6 Å². The second-order valence-electron chi connectivity index (χ2n) is 5.29. The third-order valence-electron chi connectivity index (χ3n) is 2.67. The molecule has 2 N–H and O–H groups in total. The van der Waals surface area contributed by atoms with Crippen molar-refractivity contribution in [3.63, 3.8) is 0 Å². The molecule has 1 amide bonds. The first-order valence-corrected chi connectivity index (χ1v) is 6.46. The highest BCUT2D eigenvalue weighted by molar-refractivity contribution is 7.80. The second-order valence-corrected chi connectivity index (χ2v) is 5.78. The van der Waals surface area contributed by atoms with Gasteiger partial charge in [-0.3, -0.25) is 5.43 Å². The molecule has 0 saturated heterocycles. The topological polar surface area (TPSA) is 50.4 Å². The van der Waals surface area contributed by atoms with E-state index < -0.39 is 6.09 Å². The molecule has 0 aliphatic heterocycles. The van der Waals surface area contributed by atoms with Gasteiger partial charge in [0.2, 0.25) is 0 Å². The highest BCUT2D eigenvalue weighted by atomic mass is 32.1. The Morgan fingerprint density at radius 1 is 1.21 bits per heavy atom. The highest BCUT2D eigenvalue weighted by Gasteiger charge is 2.13. The number of thiocarbonyl (C=S) groups is 1. The molecule has 19 heavy (non-hydrogen) atoms. The number of nitrogens with one attached hydrogen (secondary N) is 2. The van der Waals surface area contributed by atoms with Crippen molar-refractivity contribution < 1.29 is 9.53 Å². The van der Waals surface area contributed by atoms with Crippen LogP contribution in [0, 0.1) is 0 Å². The zero-order chi connectivity index (χ0) is 14.5. The average Bonchev–Trinajstić information content (AvgIpc) is 2.35. The number of carbonyl (C=O) groups excluding carboxylic acids is 1. The zero-order valence-electron chi connectivity index (χ0n) is 11.7. The number of rotatable bonds is 2. The van der Waals surface area contributed by atoms with Crippen molar-refractivity contribution in [3.05, 3.63) is 35.4 Å². The minimum Gasteiger partial charge on any atom is -0.452 e. The van der Waals surface area contributed by atoms with E-state index in [2.05, 4.69) is 48.5 Å². The number of hydrogen-bond acceptors (Lipinski definition) is 3. The highest BCUT2D eigenvalue weighted by Crippen LogP contribution is 2.22. The van der Waals surface area contributed by atoms with Crippen LogP contribution in [-0.2, 0) is 16.6 Å². The van der Waals surface area contributed by atoms with Crippen molar-refractivity contribution >= 4 is 23.3 Å². The summed E-state index contributed by atoms with van der Waals surface area (Å²) in [4.78, 5) is 11.4. The number of amides is 1. The molecule has 4 nitrogen and oxygen atoms in total. The lowest BCUT2D eigenvalue weighted by molar-refractivity contribution is 0.169. The van der Waals surface area contributed by atoms with Crippen molar-refractivity contribution in [1.29, 1.82) is 0 Å². The predicted octanol–water partition coefficient (Wildman–Crippen LogP) is 2.71. The van der Waals surface area contributed by atoms with Gasteiger partial charge in [0.15, 0.2) is 0 Å². The number of ether oxygens (including phenoxy) is 1. The van der Waals surface area contributed by atoms with Gasteiger partial charge in [-0.2, -0.15) is 0 Å². The summed E-state index contributed by atoms with van der Waals surface area (Å²) >= 11 is 5.13. The summed E-state index contributed by atoms with van der Waals surface area (Å²) in [6.45, 7) is 6.53. The first-order valence-electron chi connectivity index (χ1n) is 6.05. The van der Waals surface area contributed by atoms with Gasteiger partial charge in [-0.1, -0.05) is 57.3 Å². The van der Waals surface area contributed by atoms with Gasteiger partial charge < -0.3 is 4.74 Å². The van der Waals surface area contributed by atoms with Gasteiger partial charge in [-0.05, 0) is 16.5 Å². The Morgan fingerprint density at radius 2 is 1.79 bits per heavy atom. The van der Waals surface area contributed by atoms with Crippen molar-refractivity contribution in [3.8, 4) is 0 Å². The van der Waals surface area contributed by atoms with Gasteiger partial charge in [-0.15, -0.1) is 0 Å². The van der Waals surface area contributed by atoms with Gasteiger partial charge in [0.1, 0.15) is 0 Å². The van der Waals surface area contributed by atoms with Gasteiger partial charge >= 0.3 is 6.09 Å². The fourth-order valence-corrected chi connectivity index (χ4v) is 1.74. The van der Waals surface area contributed by atoms with E-state index in [-0.39, 0.29) is 5.41 Å². The van der Waals surface area contributed by atoms with Gasteiger partial charge in [0, 0.05) is 6.42 Å². The first-order chi connectivity index (χ1) is 8.82. The molecule has 1 rings (SSSR count). The monoisotopic (exact) mass is 280 g/mol. The van der Waals surface area contributed by atoms with Crippen molar-refractivity contribution in [2.75, 3.05) is 7.11 Å². The number of benzene rings is 1. The van der Waals surface area contributed by atoms with Crippen LogP contribution in [0.4, 0.5) is 4.79 Å². The Hall–Kier alpha value is -1.62. The number of carbonyl (C=O) groups is 1. The molecule has 5 heteroatoms. The Morgan fingerprint density at radius 3 is 2.26 bits per heavy atom. The quantitative estimate of drug-likeness (QED) is 0.646. The molecule has 0 bridgehead atoms. The molecule has 0 radical (unpaired) electrons. The van der Waals surface area contributed by atoms with E-state index in [4.69, 9.17) is 12.2 Å². The third-order valence-corrected chi connectivity index (χ3v) is 2.92. The molecule has 0 aliphatic carbocycles. The summed E-state index contributed by atoms with van der Waals surface area (Å²) in [5.41, 5.74) is 7.49. The predicted molar refractivity (Wildman–Crippen MR) is 80.1 cm³/mol. The second kappa shape index (κ2) is 6.52. The minimum atomic E-state index is -0.564. The number of methoxy groups -OCH3 is 1. The van der Waals surface area contributed by atoms with E-state index in [0.29, 0.717) is 11.4 Å². The Bertz CT molecular complexity index is 450. The minimum absolute atomic E-state index is 0.143. The lowest BCUT2D eigenvalue weighted by Crippen LogP contribution is -2.41. The van der Waals surface area contributed by atoms with Crippen LogP contribution in [-0.4, -0.2) is 18.2 Å². The van der Waals surface area contributed by atoms with Crippen LogP contribution < -0.4 is 10.9 Å².